The van der Waals surface area contributed by atoms with Gasteiger partial charge >= 0.3 is 12.0 Å². The predicted molar refractivity (Wildman–Crippen MR) is 117 cm³/mol. The minimum atomic E-state index is -3.35. The van der Waals surface area contributed by atoms with Crippen LogP contribution in [0.2, 0.25) is 5.02 Å². The van der Waals surface area contributed by atoms with E-state index in [2.05, 4.69) is 25.6 Å². The van der Waals surface area contributed by atoms with Crippen LogP contribution in [0, 0.1) is 24.6 Å². The van der Waals surface area contributed by atoms with E-state index in [0.717, 1.165) is 25.0 Å². The molecule has 32 heavy (non-hydrogen) atoms. The number of anilines is 2. The first-order valence-electron chi connectivity index (χ1n) is 13.6. The van der Waals surface area contributed by atoms with E-state index >= 15 is 0 Å². The predicted octanol–water partition coefficient (Wildman–Crippen LogP) is 4.46. The van der Waals surface area contributed by atoms with E-state index in [-0.39, 0.29) is 34.6 Å². The van der Waals surface area contributed by atoms with Crippen molar-refractivity contribution < 1.29 is 23.1 Å². The van der Waals surface area contributed by atoms with Gasteiger partial charge in [0, 0.05) is 40.3 Å². The monoisotopic (exact) mass is 468 g/mol. The minimum Gasteiger partial charge on any atom is -0.424 e. The van der Waals surface area contributed by atoms with Crippen molar-refractivity contribution in [2.45, 2.75) is 45.5 Å². The van der Waals surface area contributed by atoms with Gasteiger partial charge in [0.25, 0.3) is 0 Å². The van der Waals surface area contributed by atoms with Crippen LogP contribution in [0.4, 0.5) is 16.4 Å². The number of piperidine rings is 1. The van der Waals surface area contributed by atoms with E-state index in [1.807, 2.05) is 4.90 Å². The highest BCUT2D eigenvalue weighted by atomic mass is 35.5. The first-order valence-corrected chi connectivity index (χ1v) is 10.5. The van der Waals surface area contributed by atoms with Gasteiger partial charge in [0.05, 0.1) is 12.4 Å². The molecule has 0 radical (unpaired) electrons. The topological polar surface area (TPSA) is 94.1 Å². The van der Waals surface area contributed by atoms with Crippen LogP contribution in [0.25, 0.3) is 0 Å². The van der Waals surface area contributed by atoms with Crippen LogP contribution < -0.4 is 15.0 Å². The first-order chi connectivity index (χ1) is 18.2. The van der Waals surface area contributed by atoms with Crippen molar-refractivity contribution in [3.63, 3.8) is 0 Å². The normalized spacial score (nSPS) is 26.9. The van der Waals surface area contributed by atoms with Gasteiger partial charge in [-0.1, -0.05) is 16.7 Å². The summed E-state index contributed by atoms with van der Waals surface area (Å²) in [5, 5.41) is 15.0. The number of hydrogen-bond acceptors (Lipinski definition) is 8. The molecule has 5 rings (SSSR count). The Morgan fingerprint density at radius 1 is 1.31 bits per heavy atom. The van der Waals surface area contributed by atoms with E-state index in [0.29, 0.717) is 29.7 Å². The van der Waals surface area contributed by atoms with E-state index < -0.39 is 31.5 Å². The third-order valence-corrected chi connectivity index (χ3v) is 6.09. The van der Waals surface area contributed by atoms with Gasteiger partial charge in [-0.15, -0.1) is 10.2 Å². The molecule has 0 spiro atoms. The quantitative estimate of drug-likeness (QED) is 0.566. The Kier molecular flexibility index (Phi) is 3.68. The maximum absolute atomic E-state index is 13.7. The molecule has 3 atom stereocenters. The maximum atomic E-state index is 13.7. The lowest BCUT2D eigenvalue weighted by atomic mass is 9.92. The molecule has 1 aliphatic heterocycles. The van der Waals surface area contributed by atoms with Crippen LogP contribution in [0.15, 0.2) is 22.6 Å². The molecule has 2 fully saturated rings. The Morgan fingerprint density at radius 3 is 2.75 bits per heavy atom. The lowest BCUT2D eigenvalue weighted by Crippen LogP contribution is -2.48. The van der Waals surface area contributed by atoms with Crippen molar-refractivity contribution >= 4 is 23.6 Å². The number of hydrogen-bond donors (Lipinski definition) is 1. The molecule has 1 saturated heterocycles. The summed E-state index contributed by atoms with van der Waals surface area (Å²) in [6.07, 6.45) is 1.77. The average molecular weight is 469 g/mol. The second kappa shape index (κ2) is 8.23. The summed E-state index contributed by atoms with van der Waals surface area (Å²) in [6, 6.07) is -0.163. The largest absolute Gasteiger partial charge is 0.424 e. The average Bonchev–Trinajstić information content (AvgIpc) is 3.50. The van der Waals surface area contributed by atoms with Crippen LogP contribution >= 0.6 is 11.6 Å². The van der Waals surface area contributed by atoms with Gasteiger partial charge in [0.15, 0.2) is 0 Å². The second-order valence-electron chi connectivity index (χ2n) is 7.93. The summed E-state index contributed by atoms with van der Waals surface area (Å²) in [5.74, 6) is -0.172. The Bertz CT molecular complexity index is 1340. The standard InChI is InChI=1S/C21H25ClFN7O2/c1-11(2)30-20(32-15-6-7-17(23)16(22)8-15)25-19(28-30)24-18-13-4-5-14(18)10-29(9-13)21-27-26-12(3)31-21/h6-8,11,13-14,18H,4-5,9-10H2,1-3H3,(H,24,28)/t13-,14+,18?/i1D3,2D3,11D. The van der Waals surface area contributed by atoms with Crippen molar-refractivity contribution in [3.05, 3.63) is 34.9 Å². The number of benzene rings is 1. The van der Waals surface area contributed by atoms with Gasteiger partial charge in [-0.25, -0.2) is 9.07 Å². The van der Waals surface area contributed by atoms with Crippen LogP contribution in [0.3, 0.4) is 0 Å². The molecular weight excluding hydrogens is 437 g/mol. The number of aromatic nitrogens is 5. The number of halogens is 2. The zero-order valence-electron chi connectivity index (χ0n) is 24.0. The van der Waals surface area contributed by atoms with Crippen molar-refractivity contribution in [1.82, 2.24) is 25.0 Å². The number of aryl methyl sites for hydroxylation is 1. The molecule has 1 aromatic carbocycles. The number of nitrogens with zero attached hydrogens (tertiary/aromatic N) is 6. The fraction of sp³-hybridized carbons (Fsp3) is 0.524. The van der Waals surface area contributed by atoms with Gasteiger partial charge in [-0.3, -0.25) is 0 Å². The number of ether oxygens (including phenoxy) is 1. The third kappa shape index (κ3) is 3.99. The minimum absolute atomic E-state index is 0.0525. The summed E-state index contributed by atoms with van der Waals surface area (Å²) in [6.45, 7) is -3.77. The fourth-order valence-corrected chi connectivity index (χ4v) is 4.56. The lowest BCUT2D eigenvalue weighted by molar-refractivity contribution is 0.356. The van der Waals surface area contributed by atoms with Crippen LogP contribution in [-0.4, -0.2) is 44.1 Å². The molecule has 3 heterocycles. The highest BCUT2D eigenvalue weighted by Crippen LogP contribution is 2.40. The molecule has 0 amide bonds. The van der Waals surface area contributed by atoms with E-state index in [1.165, 1.54) is 6.07 Å². The molecule has 2 aliphatic rings. The Morgan fingerprint density at radius 2 is 2.09 bits per heavy atom. The van der Waals surface area contributed by atoms with E-state index in [1.54, 1.807) is 6.92 Å². The maximum Gasteiger partial charge on any atom is 0.322 e. The molecule has 2 bridgehead atoms. The van der Waals surface area contributed by atoms with Crippen LogP contribution in [0.5, 0.6) is 11.8 Å². The first kappa shape index (κ1) is 14.3. The zero-order valence-corrected chi connectivity index (χ0v) is 17.8. The summed E-state index contributed by atoms with van der Waals surface area (Å²) in [4.78, 5) is 6.24. The summed E-state index contributed by atoms with van der Waals surface area (Å²) in [5.41, 5.74) is 0. The number of rotatable bonds is 6. The van der Waals surface area contributed by atoms with Crippen molar-refractivity contribution in [1.29, 1.82) is 0 Å². The molecule has 1 N–H and O–H groups in total. The molecule has 9 nitrogen and oxygen atoms in total. The SMILES string of the molecule is [2H]C([2H])([2H])C([2H])(n1nc(NC2[C@@H]3CC[C@H]2CN(c2nnc(C)o2)C3)nc1Oc1ccc(F)c(Cl)c1)C([2H])([2H])[2H]. The second-order valence-corrected chi connectivity index (χ2v) is 8.34. The van der Waals surface area contributed by atoms with Gasteiger partial charge in [-0.2, -0.15) is 4.98 Å². The molecule has 1 unspecified atom stereocenters. The van der Waals surface area contributed by atoms with Crippen molar-refractivity contribution in [2.24, 2.45) is 11.8 Å². The molecule has 3 aromatic rings. The Hall–Kier alpha value is -2.88. The molecule has 11 heteroatoms. The smallest absolute Gasteiger partial charge is 0.322 e. The van der Waals surface area contributed by atoms with Gasteiger partial charge in [0.1, 0.15) is 11.6 Å². The van der Waals surface area contributed by atoms with Gasteiger partial charge in [0.2, 0.25) is 11.8 Å². The fourth-order valence-electron chi connectivity index (χ4n) is 4.39. The molecule has 1 aliphatic carbocycles. The lowest BCUT2D eigenvalue weighted by Gasteiger charge is -2.37. The number of nitrogens with one attached hydrogen (secondary N) is 1. The Balaban J connectivity index is 1.48. The van der Waals surface area contributed by atoms with Crippen LogP contribution in [-0.2, 0) is 0 Å². The molecule has 2 aromatic heterocycles. The number of fused-ring (bicyclic) bond motifs is 2. The van der Waals surface area contributed by atoms with Crippen LogP contribution in [0.1, 0.15) is 48.0 Å². The van der Waals surface area contributed by atoms with E-state index in [4.69, 9.17) is 30.4 Å². The summed E-state index contributed by atoms with van der Waals surface area (Å²) in [7, 11) is 0. The zero-order chi connectivity index (χ0) is 28.3. The van der Waals surface area contributed by atoms with Gasteiger partial charge < -0.3 is 19.4 Å². The summed E-state index contributed by atoms with van der Waals surface area (Å²) < 4.78 is 81.2. The summed E-state index contributed by atoms with van der Waals surface area (Å²) >= 11 is 5.84. The molecular formula is C21H25ClFN7O2. The highest BCUT2D eigenvalue weighted by molar-refractivity contribution is 6.30. The third-order valence-electron chi connectivity index (χ3n) is 5.80. The molecule has 1 saturated carbocycles. The highest BCUT2D eigenvalue weighted by Gasteiger charge is 2.43. The van der Waals surface area contributed by atoms with Crippen molar-refractivity contribution in [2.75, 3.05) is 23.3 Å². The van der Waals surface area contributed by atoms with Crippen molar-refractivity contribution in [3.8, 4) is 11.8 Å². The Labute approximate surface area is 199 Å². The van der Waals surface area contributed by atoms with Gasteiger partial charge in [-0.05, 0) is 50.5 Å². The van der Waals surface area contributed by atoms with E-state index in [9.17, 15) is 4.39 Å². The molecule has 170 valence electrons.